The summed E-state index contributed by atoms with van der Waals surface area (Å²) >= 11 is 0. The van der Waals surface area contributed by atoms with Crippen molar-refractivity contribution in [2.24, 2.45) is 0 Å². The molecule has 1 saturated heterocycles. The summed E-state index contributed by atoms with van der Waals surface area (Å²) in [4.78, 5) is 10.7. The van der Waals surface area contributed by atoms with E-state index in [0.717, 1.165) is 5.56 Å². The fourth-order valence-electron chi connectivity index (χ4n) is 3.13. The molecule has 1 aliphatic rings. The number of piperidine rings is 1. The number of para-hydroxylation sites is 2. The zero-order valence-electron chi connectivity index (χ0n) is 14.2. The lowest BCUT2D eigenvalue weighted by atomic mass is 10.1. The maximum Gasteiger partial charge on any atom is 0.292 e. The Bertz CT molecular complexity index is 863. The van der Waals surface area contributed by atoms with E-state index in [4.69, 9.17) is 0 Å². The average Bonchev–Trinajstić information content (AvgIpc) is 2.63. The Hall–Kier alpha value is -2.45. The Kier molecular flexibility index (Phi) is 5.53. The molecule has 2 aromatic rings. The first-order valence-electron chi connectivity index (χ1n) is 8.47. The average molecular weight is 375 g/mol. The summed E-state index contributed by atoms with van der Waals surface area (Å²) < 4.78 is 26.7. The number of anilines is 1. The van der Waals surface area contributed by atoms with E-state index in [2.05, 4.69) is 5.32 Å². The number of nitrogens with zero attached hydrogens (tertiary/aromatic N) is 2. The van der Waals surface area contributed by atoms with Crippen LogP contribution in [0.2, 0.25) is 0 Å². The molecular formula is C18H21N3O4S. The van der Waals surface area contributed by atoms with Gasteiger partial charge in [0.05, 0.1) is 10.7 Å². The van der Waals surface area contributed by atoms with Crippen molar-refractivity contribution >= 4 is 21.4 Å². The molecule has 7 nitrogen and oxygen atoms in total. The number of hydrogen-bond acceptors (Lipinski definition) is 5. The third kappa shape index (κ3) is 4.39. The summed E-state index contributed by atoms with van der Waals surface area (Å²) in [5, 5.41) is 14.3. The molecule has 2 aromatic carbocycles. The van der Waals surface area contributed by atoms with E-state index in [0.29, 0.717) is 31.6 Å². The predicted molar refractivity (Wildman–Crippen MR) is 100 cm³/mol. The van der Waals surface area contributed by atoms with Gasteiger partial charge in [0.25, 0.3) is 5.69 Å². The highest BCUT2D eigenvalue weighted by molar-refractivity contribution is 7.88. The standard InChI is InChI=1S/C18H21N3O4S/c22-21(23)18-9-5-4-8-17(18)19-16-10-12-20(13-11-16)26(24,25)14-15-6-2-1-3-7-15/h1-9,16,19H,10-14H2. The molecule has 0 unspecified atom stereocenters. The molecule has 0 bridgehead atoms. The molecule has 26 heavy (non-hydrogen) atoms. The highest BCUT2D eigenvalue weighted by Gasteiger charge is 2.28. The molecular weight excluding hydrogens is 354 g/mol. The van der Waals surface area contributed by atoms with Crippen LogP contribution in [0.25, 0.3) is 0 Å². The third-order valence-corrected chi connectivity index (χ3v) is 6.35. The minimum atomic E-state index is -3.36. The Balaban J connectivity index is 1.60. The molecule has 0 spiro atoms. The summed E-state index contributed by atoms with van der Waals surface area (Å²) in [6.07, 6.45) is 1.22. The Labute approximate surface area is 152 Å². The maximum absolute atomic E-state index is 12.6. The SMILES string of the molecule is O=[N+]([O-])c1ccccc1NC1CCN(S(=O)(=O)Cc2ccccc2)CC1. The van der Waals surface area contributed by atoms with E-state index in [9.17, 15) is 18.5 Å². The smallest absolute Gasteiger partial charge is 0.292 e. The topological polar surface area (TPSA) is 92.6 Å². The molecule has 1 fully saturated rings. The van der Waals surface area contributed by atoms with Crippen LogP contribution in [0, 0.1) is 10.1 Å². The van der Waals surface area contributed by atoms with Crippen molar-refractivity contribution in [3.8, 4) is 0 Å². The number of rotatable bonds is 6. The lowest BCUT2D eigenvalue weighted by molar-refractivity contribution is -0.384. The van der Waals surface area contributed by atoms with Gasteiger partial charge in [-0.3, -0.25) is 10.1 Å². The van der Waals surface area contributed by atoms with Gasteiger partial charge in [-0.25, -0.2) is 12.7 Å². The number of nitro groups is 1. The fraction of sp³-hybridized carbons (Fsp3) is 0.333. The highest BCUT2D eigenvalue weighted by atomic mass is 32.2. The van der Waals surface area contributed by atoms with Crippen LogP contribution in [-0.2, 0) is 15.8 Å². The van der Waals surface area contributed by atoms with E-state index in [1.165, 1.54) is 10.4 Å². The Morgan fingerprint density at radius 2 is 1.65 bits per heavy atom. The van der Waals surface area contributed by atoms with Gasteiger partial charge < -0.3 is 5.32 Å². The molecule has 0 aromatic heterocycles. The van der Waals surface area contributed by atoms with Gasteiger partial charge in [0.15, 0.2) is 0 Å². The first-order chi connectivity index (χ1) is 12.5. The summed E-state index contributed by atoms with van der Waals surface area (Å²) in [5.41, 5.74) is 1.28. The van der Waals surface area contributed by atoms with Crippen molar-refractivity contribution in [2.75, 3.05) is 18.4 Å². The van der Waals surface area contributed by atoms with E-state index in [1.807, 2.05) is 18.2 Å². The number of hydrogen-bond donors (Lipinski definition) is 1. The van der Waals surface area contributed by atoms with Crippen molar-refractivity contribution in [3.05, 3.63) is 70.3 Å². The van der Waals surface area contributed by atoms with Crippen molar-refractivity contribution in [2.45, 2.75) is 24.6 Å². The zero-order valence-corrected chi connectivity index (χ0v) is 15.1. The molecule has 0 aliphatic carbocycles. The first-order valence-corrected chi connectivity index (χ1v) is 10.1. The van der Waals surface area contributed by atoms with E-state index >= 15 is 0 Å². The molecule has 1 heterocycles. The van der Waals surface area contributed by atoms with Gasteiger partial charge in [-0.1, -0.05) is 42.5 Å². The van der Waals surface area contributed by atoms with Gasteiger partial charge in [-0.05, 0) is 24.5 Å². The Morgan fingerprint density at radius 3 is 2.31 bits per heavy atom. The first kappa shape index (κ1) is 18.3. The Morgan fingerprint density at radius 1 is 1.04 bits per heavy atom. The van der Waals surface area contributed by atoms with Gasteiger partial charge >= 0.3 is 0 Å². The van der Waals surface area contributed by atoms with Crippen LogP contribution in [0.1, 0.15) is 18.4 Å². The van der Waals surface area contributed by atoms with Crippen molar-refractivity contribution in [3.63, 3.8) is 0 Å². The summed E-state index contributed by atoms with van der Waals surface area (Å²) in [5.74, 6) is -0.00388. The van der Waals surface area contributed by atoms with E-state index < -0.39 is 14.9 Å². The molecule has 1 aliphatic heterocycles. The summed E-state index contributed by atoms with van der Waals surface area (Å²) in [6.45, 7) is 0.820. The third-order valence-electron chi connectivity index (χ3n) is 4.50. The van der Waals surface area contributed by atoms with Crippen LogP contribution in [-0.4, -0.2) is 36.8 Å². The van der Waals surface area contributed by atoms with Crippen LogP contribution in [0.3, 0.4) is 0 Å². The normalized spacial score (nSPS) is 16.3. The monoisotopic (exact) mass is 375 g/mol. The maximum atomic E-state index is 12.6. The van der Waals surface area contributed by atoms with Crippen LogP contribution < -0.4 is 5.32 Å². The molecule has 0 saturated carbocycles. The van der Waals surface area contributed by atoms with Crippen molar-refractivity contribution < 1.29 is 13.3 Å². The molecule has 0 radical (unpaired) electrons. The minimum Gasteiger partial charge on any atom is -0.377 e. The largest absolute Gasteiger partial charge is 0.377 e. The molecule has 8 heteroatoms. The van der Waals surface area contributed by atoms with Crippen LogP contribution in [0.5, 0.6) is 0 Å². The second kappa shape index (κ2) is 7.84. The van der Waals surface area contributed by atoms with Gasteiger partial charge in [0, 0.05) is 25.2 Å². The fourth-order valence-corrected chi connectivity index (χ4v) is 4.69. The molecule has 0 amide bonds. The van der Waals surface area contributed by atoms with Crippen molar-refractivity contribution in [1.82, 2.24) is 4.31 Å². The lowest BCUT2D eigenvalue weighted by Gasteiger charge is -2.32. The number of benzene rings is 2. The molecule has 0 atom stereocenters. The van der Waals surface area contributed by atoms with Crippen LogP contribution in [0.15, 0.2) is 54.6 Å². The van der Waals surface area contributed by atoms with Crippen LogP contribution in [0.4, 0.5) is 11.4 Å². The molecule has 1 N–H and O–H groups in total. The molecule has 3 rings (SSSR count). The summed E-state index contributed by atoms with van der Waals surface area (Å²) in [7, 11) is -3.36. The minimum absolute atomic E-state index is 0.00388. The second-order valence-electron chi connectivity index (χ2n) is 6.33. The number of nitro benzene ring substituents is 1. The highest BCUT2D eigenvalue weighted by Crippen LogP contribution is 2.27. The van der Waals surface area contributed by atoms with Gasteiger partial charge in [0.1, 0.15) is 5.69 Å². The number of sulfonamides is 1. The van der Waals surface area contributed by atoms with Crippen molar-refractivity contribution in [1.29, 1.82) is 0 Å². The van der Waals surface area contributed by atoms with Gasteiger partial charge in [-0.2, -0.15) is 0 Å². The quantitative estimate of drug-likeness (QED) is 0.619. The van der Waals surface area contributed by atoms with E-state index in [-0.39, 0.29) is 17.5 Å². The van der Waals surface area contributed by atoms with Crippen LogP contribution >= 0.6 is 0 Å². The lowest BCUT2D eigenvalue weighted by Crippen LogP contribution is -2.42. The van der Waals surface area contributed by atoms with Gasteiger partial charge in [-0.15, -0.1) is 0 Å². The zero-order chi connectivity index (χ0) is 18.6. The van der Waals surface area contributed by atoms with Gasteiger partial charge in [0.2, 0.25) is 10.0 Å². The second-order valence-corrected chi connectivity index (χ2v) is 8.30. The predicted octanol–water partition coefficient (Wildman–Crippen LogP) is 3.00. The molecule has 138 valence electrons. The number of nitrogens with one attached hydrogen (secondary N) is 1. The summed E-state index contributed by atoms with van der Waals surface area (Å²) in [6, 6.07) is 15.6. The van der Waals surface area contributed by atoms with E-state index in [1.54, 1.807) is 30.3 Å².